The maximum Gasteiger partial charge on any atom is 0.130 e. The van der Waals surface area contributed by atoms with Gasteiger partial charge in [0, 0.05) is 31.3 Å². The lowest BCUT2D eigenvalue weighted by molar-refractivity contribution is 0.104. The van der Waals surface area contributed by atoms with Gasteiger partial charge in [0.05, 0.1) is 25.5 Å². The summed E-state index contributed by atoms with van der Waals surface area (Å²) in [7, 11) is 0. The van der Waals surface area contributed by atoms with Crippen LogP contribution in [0.2, 0.25) is 0 Å². The average Bonchev–Trinajstić information content (AvgIpc) is 3.34. The van der Waals surface area contributed by atoms with E-state index >= 15 is 0 Å². The summed E-state index contributed by atoms with van der Waals surface area (Å²) in [5.41, 5.74) is 2.42. The van der Waals surface area contributed by atoms with Crippen LogP contribution in [-0.4, -0.2) is 33.0 Å². The number of ether oxygens (including phenoxy) is 1. The summed E-state index contributed by atoms with van der Waals surface area (Å²) in [4.78, 5) is 2.15. The van der Waals surface area contributed by atoms with Gasteiger partial charge in [0.15, 0.2) is 0 Å². The lowest BCUT2D eigenvalue weighted by atomic mass is 10.2. The summed E-state index contributed by atoms with van der Waals surface area (Å²) in [6, 6.07) is 13.9. The van der Waals surface area contributed by atoms with Gasteiger partial charge in [-0.05, 0) is 18.1 Å². The molecule has 1 aliphatic heterocycles. The van der Waals surface area contributed by atoms with Crippen LogP contribution in [0.15, 0.2) is 54.7 Å². The molecule has 0 radical (unpaired) electrons. The minimum absolute atomic E-state index is 0.193. The summed E-state index contributed by atoms with van der Waals surface area (Å²) >= 11 is 0. The standard InChI is InChI=1S/C21H22F2N4O/c22-18-7-6-17(21(23)10-18)11-26-9-8-20(13-26)27-12-19(24-25-27)15-28-14-16-4-2-1-3-5-16/h1-7,10,12,20H,8-9,11,13-15H2/t20-/m0/s1. The molecule has 2 aromatic carbocycles. The molecule has 2 heterocycles. The van der Waals surface area contributed by atoms with Crippen LogP contribution < -0.4 is 0 Å². The van der Waals surface area contributed by atoms with Gasteiger partial charge < -0.3 is 4.74 Å². The van der Waals surface area contributed by atoms with Crippen molar-refractivity contribution >= 4 is 0 Å². The summed E-state index contributed by atoms with van der Waals surface area (Å²) in [5.74, 6) is -1.05. The van der Waals surface area contributed by atoms with E-state index in [2.05, 4.69) is 15.2 Å². The average molecular weight is 384 g/mol. The fourth-order valence-corrected chi connectivity index (χ4v) is 3.47. The van der Waals surface area contributed by atoms with E-state index < -0.39 is 11.6 Å². The van der Waals surface area contributed by atoms with Crippen molar-refractivity contribution in [2.75, 3.05) is 13.1 Å². The van der Waals surface area contributed by atoms with Gasteiger partial charge in [0.2, 0.25) is 0 Å². The van der Waals surface area contributed by atoms with Crippen molar-refractivity contribution in [3.05, 3.63) is 83.2 Å². The molecule has 0 aliphatic carbocycles. The fraction of sp³-hybridized carbons (Fsp3) is 0.333. The van der Waals surface area contributed by atoms with Crippen LogP contribution in [0, 0.1) is 11.6 Å². The summed E-state index contributed by atoms with van der Waals surface area (Å²) < 4.78 is 34.5. The second-order valence-corrected chi connectivity index (χ2v) is 7.08. The number of aromatic nitrogens is 3. The van der Waals surface area contributed by atoms with E-state index in [9.17, 15) is 8.78 Å². The molecule has 0 unspecified atom stereocenters. The van der Waals surface area contributed by atoms with Crippen LogP contribution in [-0.2, 0) is 24.5 Å². The Morgan fingerprint density at radius 3 is 2.75 bits per heavy atom. The molecule has 1 aromatic heterocycles. The van der Waals surface area contributed by atoms with Crippen molar-refractivity contribution in [3.63, 3.8) is 0 Å². The molecule has 0 saturated carbocycles. The van der Waals surface area contributed by atoms with E-state index in [0.717, 1.165) is 36.8 Å². The Hall–Kier alpha value is -2.64. The number of likely N-dealkylation sites (tertiary alicyclic amines) is 1. The summed E-state index contributed by atoms with van der Waals surface area (Å²) in [6.45, 7) is 3.00. The molecule has 28 heavy (non-hydrogen) atoms. The quantitative estimate of drug-likeness (QED) is 0.623. The van der Waals surface area contributed by atoms with Crippen molar-refractivity contribution in [3.8, 4) is 0 Å². The van der Waals surface area contributed by atoms with Crippen LogP contribution in [0.25, 0.3) is 0 Å². The monoisotopic (exact) mass is 384 g/mol. The van der Waals surface area contributed by atoms with Gasteiger partial charge in [-0.15, -0.1) is 5.10 Å². The highest BCUT2D eigenvalue weighted by molar-refractivity contribution is 5.18. The molecule has 1 aliphatic rings. The van der Waals surface area contributed by atoms with E-state index in [4.69, 9.17) is 4.74 Å². The topological polar surface area (TPSA) is 43.2 Å². The molecule has 146 valence electrons. The SMILES string of the molecule is Fc1ccc(CN2CC[C@H](n3cc(COCc4ccccc4)nn3)C2)c(F)c1. The second-order valence-electron chi connectivity index (χ2n) is 7.08. The second kappa shape index (κ2) is 8.58. The van der Waals surface area contributed by atoms with Gasteiger partial charge in [0.1, 0.15) is 17.3 Å². The fourth-order valence-electron chi connectivity index (χ4n) is 3.47. The molecule has 0 amide bonds. The predicted molar refractivity (Wildman–Crippen MR) is 100 cm³/mol. The van der Waals surface area contributed by atoms with E-state index in [1.807, 2.05) is 41.2 Å². The minimum atomic E-state index is -0.551. The van der Waals surface area contributed by atoms with Crippen molar-refractivity contribution in [2.45, 2.75) is 32.2 Å². The Kier molecular flexibility index (Phi) is 5.73. The third-order valence-corrected chi connectivity index (χ3v) is 4.95. The minimum Gasteiger partial charge on any atom is -0.370 e. The molecule has 4 rings (SSSR count). The molecule has 0 N–H and O–H groups in total. The van der Waals surface area contributed by atoms with E-state index in [-0.39, 0.29) is 6.04 Å². The van der Waals surface area contributed by atoms with Crippen LogP contribution in [0.3, 0.4) is 0 Å². The molecular formula is C21H22F2N4O. The van der Waals surface area contributed by atoms with Gasteiger partial charge in [-0.25, -0.2) is 13.5 Å². The van der Waals surface area contributed by atoms with E-state index in [1.54, 1.807) is 0 Å². The molecule has 0 spiro atoms. The van der Waals surface area contributed by atoms with Crippen LogP contribution in [0.4, 0.5) is 8.78 Å². The smallest absolute Gasteiger partial charge is 0.130 e. The Balaban J connectivity index is 1.28. The highest BCUT2D eigenvalue weighted by Gasteiger charge is 2.25. The van der Waals surface area contributed by atoms with Crippen molar-refractivity contribution in [1.29, 1.82) is 0 Å². The summed E-state index contributed by atoms with van der Waals surface area (Å²) in [5, 5.41) is 8.42. The Morgan fingerprint density at radius 1 is 1.07 bits per heavy atom. The molecule has 7 heteroatoms. The number of hydrogen-bond donors (Lipinski definition) is 0. The zero-order valence-electron chi connectivity index (χ0n) is 15.5. The Morgan fingerprint density at radius 2 is 1.93 bits per heavy atom. The van der Waals surface area contributed by atoms with Crippen LogP contribution in [0.5, 0.6) is 0 Å². The largest absolute Gasteiger partial charge is 0.370 e. The predicted octanol–water partition coefficient (Wildman–Crippen LogP) is 3.72. The Bertz CT molecular complexity index is 916. The maximum atomic E-state index is 13.9. The number of nitrogens with zero attached hydrogens (tertiary/aromatic N) is 4. The third kappa shape index (κ3) is 4.61. The molecule has 3 aromatic rings. The third-order valence-electron chi connectivity index (χ3n) is 4.95. The molecule has 0 bridgehead atoms. The van der Waals surface area contributed by atoms with E-state index in [1.165, 1.54) is 12.1 Å². The van der Waals surface area contributed by atoms with E-state index in [0.29, 0.717) is 25.3 Å². The lowest BCUT2D eigenvalue weighted by Gasteiger charge is -2.16. The number of hydrogen-bond acceptors (Lipinski definition) is 4. The number of benzene rings is 2. The Labute approximate surface area is 162 Å². The summed E-state index contributed by atoms with van der Waals surface area (Å²) in [6.07, 6.45) is 2.83. The van der Waals surface area contributed by atoms with Crippen molar-refractivity contribution < 1.29 is 13.5 Å². The highest BCUT2D eigenvalue weighted by atomic mass is 19.1. The first-order chi connectivity index (χ1) is 13.7. The number of halogens is 2. The van der Waals surface area contributed by atoms with Crippen LogP contribution in [0.1, 0.15) is 29.3 Å². The first kappa shape index (κ1) is 18.7. The zero-order chi connectivity index (χ0) is 19.3. The first-order valence-electron chi connectivity index (χ1n) is 9.36. The lowest BCUT2D eigenvalue weighted by Crippen LogP contribution is -2.22. The van der Waals surface area contributed by atoms with Crippen LogP contribution >= 0.6 is 0 Å². The number of rotatable bonds is 7. The normalized spacial score (nSPS) is 17.3. The van der Waals surface area contributed by atoms with Gasteiger partial charge in [-0.2, -0.15) is 0 Å². The highest BCUT2D eigenvalue weighted by Crippen LogP contribution is 2.23. The molecule has 5 nitrogen and oxygen atoms in total. The first-order valence-corrected chi connectivity index (χ1v) is 9.36. The molecule has 1 saturated heterocycles. The van der Waals surface area contributed by atoms with Crippen molar-refractivity contribution in [1.82, 2.24) is 19.9 Å². The van der Waals surface area contributed by atoms with Gasteiger partial charge in [0.25, 0.3) is 0 Å². The molecule has 1 atom stereocenters. The molecular weight excluding hydrogens is 362 g/mol. The van der Waals surface area contributed by atoms with Gasteiger partial charge in [-0.3, -0.25) is 4.90 Å². The zero-order valence-corrected chi connectivity index (χ0v) is 15.5. The van der Waals surface area contributed by atoms with Gasteiger partial charge in [-0.1, -0.05) is 41.6 Å². The molecule has 1 fully saturated rings. The maximum absolute atomic E-state index is 13.9. The van der Waals surface area contributed by atoms with Gasteiger partial charge >= 0.3 is 0 Å². The van der Waals surface area contributed by atoms with Crippen molar-refractivity contribution in [2.24, 2.45) is 0 Å².